The normalized spacial score (nSPS) is 12.9. The maximum atomic E-state index is 12.9. The number of hydrogen-bond acceptors (Lipinski definition) is 5. The van der Waals surface area contributed by atoms with E-state index >= 15 is 0 Å². The number of nitrogens with zero attached hydrogens (tertiary/aromatic N) is 1. The van der Waals surface area contributed by atoms with Crippen molar-refractivity contribution in [3.8, 4) is 5.75 Å². The van der Waals surface area contributed by atoms with Gasteiger partial charge in [0.15, 0.2) is 0 Å². The molecule has 7 heteroatoms. The fourth-order valence-electron chi connectivity index (χ4n) is 2.59. The Labute approximate surface area is 149 Å². The first-order chi connectivity index (χ1) is 12.5. The Kier molecular flexibility index (Phi) is 4.97. The molecule has 0 radical (unpaired) electrons. The van der Waals surface area contributed by atoms with Crippen molar-refractivity contribution in [1.82, 2.24) is 4.90 Å². The van der Waals surface area contributed by atoms with Crippen LogP contribution < -0.4 is 4.74 Å². The van der Waals surface area contributed by atoms with Crippen LogP contribution in [0.5, 0.6) is 5.75 Å². The van der Waals surface area contributed by atoms with E-state index in [1.54, 1.807) is 18.2 Å². The average molecular weight is 357 g/mol. The van der Waals surface area contributed by atoms with Crippen LogP contribution in [0.1, 0.15) is 33.2 Å². The van der Waals surface area contributed by atoms with Crippen molar-refractivity contribution in [1.29, 1.82) is 0 Å². The largest absolute Gasteiger partial charge is 0.489 e. The third-order valence-electron chi connectivity index (χ3n) is 3.88. The summed E-state index contributed by atoms with van der Waals surface area (Å²) in [5.41, 5.74) is 1.30. The van der Waals surface area contributed by atoms with Gasteiger partial charge in [0.2, 0.25) is 0 Å². The van der Waals surface area contributed by atoms with Gasteiger partial charge in [0.25, 0.3) is 11.8 Å². The Balaban J connectivity index is 1.68. The quantitative estimate of drug-likeness (QED) is 0.587. The van der Waals surface area contributed by atoms with Crippen LogP contribution in [0.15, 0.2) is 42.5 Å². The fraction of sp³-hybridized carbons (Fsp3) is 0.211. The molecule has 2 amide bonds. The highest BCUT2D eigenvalue weighted by atomic mass is 19.1. The molecule has 26 heavy (non-hydrogen) atoms. The molecule has 0 N–H and O–H groups in total. The Morgan fingerprint density at radius 1 is 1.04 bits per heavy atom. The van der Waals surface area contributed by atoms with Crippen LogP contribution in [0.25, 0.3) is 0 Å². The molecule has 2 aromatic rings. The lowest BCUT2D eigenvalue weighted by atomic mass is 10.1. The number of amides is 2. The minimum atomic E-state index is -0.474. The van der Waals surface area contributed by atoms with Crippen LogP contribution in [0, 0.1) is 5.82 Å². The predicted molar refractivity (Wildman–Crippen MR) is 89.2 cm³/mol. The highest BCUT2D eigenvalue weighted by molar-refractivity contribution is 6.21. The smallest absolute Gasteiger partial charge is 0.302 e. The van der Waals surface area contributed by atoms with Crippen molar-refractivity contribution in [3.63, 3.8) is 0 Å². The molecule has 3 rings (SSSR count). The van der Waals surface area contributed by atoms with E-state index < -0.39 is 17.8 Å². The number of hydrogen-bond donors (Lipinski definition) is 0. The van der Waals surface area contributed by atoms with Gasteiger partial charge in [-0.15, -0.1) is 0 Å². The molecule has 0 saturated heterocycles. The highest BCUT2D eigenvalue weighted by Gasteiger charge is 2.35. The number of carbonyl (C=O) groups is 3. The molecule has 6 nitrogen and oxygen atoms in total. The second-order valence-corrected chi connectivity index (χ2v) is 5.72. The Morgan fingerprint density at radius 2 is 1.73 bits per heavy atom. The number of esters is 1. The van der Waals surface area contributed by atoms with E-state index in [0.717, 1.165) is 10.5 Å². The average Bonchev–Trinajstić information content (AvgIpc) is 2.85. The number of fused-ring (bicyclic) bond motifs is 1. The molecule has 0 aliphatic carbocycles. The van der Waals surface area contributed by atoms with Gasteiger partial charge in [-0.3, -0.25) is 19.3 Å². The van der Waals surface area contributed by atoms with E-state index in [4.69, 9.17) is 9.47 Å². The van der Waals surface area contributed by atoms with Crippen LogP contribution in [-0.4, -0.2) is 35.8 Å². The van der Waals surface area contributed by atoms with Gasteiger partial charge in [0, 0.05) is 6.92 Å². The van der Waals surface area contributed by atoms with E-state index in [-0.39, 0.29) is 36.7 Å². The zero-order valence-corrected chi connectivity index (χ0v) is 14.0. The van der Waals surface area contributed by atoms with Gasteiger partial charge in [-0.25, -0.2) is 4.39 Å². The highest BCUT2D eigenvalue weighted by Crippen LogP contribution is 2.27. The van der Waals surface area contributed by atoms with Crippen LogP contribution in [0.4, 0.5) is 4.39 Å². The molecule has 0 unspecified atom stereocenters. The monoisotopic (exact) mass is 357 g/mol. The van der Waals surface area contributed by atoms with Crippen LogP contribution >= 0.6 is 0 Å². The molecule has 0 bridgehead atoms. The van der Waals surface area contributed by atoms with E-state index in [1.165, 1.54) is 31.2 Å². The first-order valence-electron chi connectivity index (χ1n) is 7.96. The molecule has 1 aliphatic heterocycles. The summed E-state index contributed by atoms with van der Waals surface area (Å²) in [6, 6.07) is 10.5. The third kappa shape index (κ3) is 3.72. The number of carbonyl (C=O) groups excluding carboxylic acids is 3. The molecule has 0 saturated carbocycles. The van der Waals surface area contributed by atoms with Crippen molar-refractivity contribution >= 4 is 17.8 Å². The molecular formula is C19H16FNO5. The molecular weight excluding hydrogens is 341 g/mol. The van der Waals surface area contributed by atoms with Gasteiger partial charge in [0.1, 0.15) is 24.8 Å². The number of benzene rings is 2. The van der Waals surface area contributed by atoms with Gasteiger partial charge in [-0.2, -0.15) is 0 Å². The molecule has 0 fully saturated rings. The van der Waals surface area contributed by atoms with Crippen molar-refractivity contribution in [2.24, 2.45) is 0 Å². The van der Waals surface area contributed by atoms with Gasteiger partial charge in [-0.05, 0) is 35.9 Å². The first kappa shape index (κ1) is 17.6. The SMILES string of the molecule is CC(=O)OCCN1C(=O)c2ccc(OCc3ccc(F)cc3)cc2C1=O. The molecule has 1 heterocycles. The molecule has 1 aliphatic rings. The van der Waals surface area contributed by atoms with Crippen molar-refractivity contribution in [2.75, 3.05) is 13.2 Å². The maximum Gasteiger partial charge on any atom is 0.302 e. The number of rotatable bonds is 6. The summed E-state index contributed by atoms with van der Waals surface area (Å²) in [5, 5.41) is 0. The van der Waals surface area contributed by atoms with Crippen LogP contribution in [0.3, 0.4) is 0 Å². The van der Waals surface area contributed by atoms with E-state index in [9.17, 15) is 18.8 Å². The summed E-state index contributed by atoms with van der Waals surface area (Å²) in [7, 11) is 0. The summed E-state index contributed by atoms with van der Waals surface area (Å²) >= 11 is 0. The van der Waals surface area contributed by atoms with E-state index in [0.29, 0.717) is 5.75 Å². The second kappa shape index (κ2) is 7.35. The Morgan fingerprint density at radius 3 is 2.42 bits per heavy atom. The van der Waals surface area contributed by atoms with Crippen molar-refractivity contribution < 1.29 is 28.2 Å². The van der Waals surface area contributed by atoms with Crippen LogP contribution in [0.2, 0.25) is 0 Å². The Bertz CT molecular complexity index is 863. The predicted octanol–water partition coefficient (Wildman–Crippen LogP) is 2.56. The van der Waals surface area contributed by atoms with Gasteiger partial charge >= 0.3 is 5.97 Å². The Hall–Kier alpha value is -3.22. The molecule has 0 spiro atoms. The van der Waals surface area contributed by atoms with Gasteiger partial charge < -0.3 is 9.47 Å². The molecule has 0 aromatic heterocycles. The fourth-order valence-corrected chi connectivity index (χ4v) is 2.59. The summed E-state index contributed by atoms with van der Waals surface area (Å²) in [4.78, 5) is 36.6. The lowest BCUT2D eigenvalue weighted by Crippen LogP contribution is -2.33. The van der Waals surface area contributed by atoms with Crippen molar-refractivity contribution in [2.45, 2.75) is 13.5 Å². The zero-order valence-electron chi connectivity index (χ0n) is 14.0. The summed E-state index contributed by atoms with van der Waals surface area (Å²) in [6.07, 6.45) is 0. The number of ether oxygens (including phenoxy) is 2. The second-order valence-electron chi connectivity index (χ2n) is 5.72. The number of halogens is 1. The summed E-state index contributed by atoms with van der Waals surface area (Å²) in [5.74, 6) is -1.26. The topological polar surface area (TPSA) is 72.9 Å². The first-order valence-corrected chi connectivity index (χ1v) is 7.96. The van der Waals surface area contributed by atoms with Gasteiger partial charge in [0.05, 0.1) is 17.7 Å². The third-order valence-corrected chi connectivity index (χ3v) is 3.88. The van der Waals surface area contributed by atoms with E-state index in [1.807, 2.05) is 0 Å². The molecule has 0 atom stereocenters. The summed E-state index contributed by atoms with van der Waals surface area (Å²) in [6.45, 7) is 1.41. The minimum Gasteiger partial charge on any atom is -0.489 e. The molecule has 134 valence electrons. The number of imide groups is 1. The zero-order chi connectivity index (χ0) is 18.7. The lowest BCUT2D eigenvalue weighted by Gasteiger charge is -2.12. The standard InChI is InChI=1S/C19H16FNO5/c1-12(22)25-9-8-21-18(23)16-7-6-15(10-17(16)19(21)24)26-11-13-2-4-14(20)5-3-13/h2-7,10H,8-9,11H2,1H3. The lowest BCUT2D eigenvalue weighted by molar-refractivity contribution is -0.141. The minimum absolute atomic E-state index is 0.00229. The van der Waals surface area contributed by atoms with Crippen LogP contribution in [-0.2, 0) is 16.1 Å². The maximum absolute atomic E-state index is 12.9. The molecule has 2 aromatic carbocycles. The van der Waals surface area contributed by atoms with E-state index in [2.05, 4.69) is 0 Å². The van der Waals surface area contributed by atoms with Crippen molar-refractivity contribution in [3.05, 3.63) is 65.0 Å². The van der Waals surface area contributed by atoms with Gasteiger partial charge in [-0.1, -0.05) is 12.1 Å². The summed E-state index contributed by atoms with van der Waals surface area (Å²) < 4.78 is 23.3.